The second-order valence-corrected chi connectivity index (χ2v) is 7.00. The van der Waals surface area contributed by atoms with E-state index in [1.807, 2.05) is 36.4 Å². The summed E-state index contributed by atoms with van der Waals surface area (Å²) in [7, 11) is 1.56. The standard InChI is InChI=1S/C22H19BrN2O3/c1-28-20-5-3-2-4-19(20)25-21(26)14-15-6-12-18(13-7-15)24-22(27)16-8-10-17(23)11-9-16/h2-13H,14H2,1H3,(H,24,27)(H,25,26). The molecule has 3 aromatic carbocycles. The molecule has 0 aromatic heterocycles. The van der Waals surface area contributed by atoms with E-state index in [-0.39, 0.29) is 18.2 Å². The lowest BCUT2D eigenvalue weighted by molar-refractivity contribution is -0.115. The zero-order valence-corrected chi connectivity index (χ0v) is 16.8. The van der Waals surface area contributed by atoms with Crippen molar-refractivity contribution in [2.75, 3.05) is 17.7 Å². The highest BCUT2D eigenvalue weighted by Gasteiger charge is 2.09. The molecule has 0 atom stereocenters. The molecule has 0 saturated heterocycles. The van der Waals surface area contributed by atoms with E-state index in [1.165, 1.54) is 0 Å². The maximum atomic E-state index is 12.3. The molecule has 28 heavy (non-hydrogen) atoms. The highest BCUT2D eigenvalue weighted by Crippen LogP contribution is 2.23. The predicted octanol–water partition coefficient (Wildman–Crippen LogP) is 4.89. The summed E-state index contributed by atoms with van der Waals surface area (Å²) < 4.78 is 6.15. The van der Waals surface area contributed by atoms with Crippen molar-refractivity contribution in [1.29, 1.82) is 0 Å². The molecule has 0 aliphatic rings. The fourth-order valence-electron chi connectivity index (χ4n) is 2.64. The maximum absolute atomic E-state index is 12.3. The molecular weight excluding hydrogens is 420 g/mol. The van der Waals surface area contributed by atoms with E-state index in [0.29, 0.717) is 22.7 Å². The van der Waals surface area contributed by atoms with E-state index in [1.54, 1.807) is 43.5 Å². The van der Waals surface area contributed by atoms with Crippen LogP contribution in [0.15, 0.2) is 77.3 Å². The van der Waals surface area contributed by atoms with Gasteiger partial charge in [0.25, 0.3) is 5.91 Å². The van der Waals surface area contributed by atoms with E-state index >= 15 is 0 Å². The van der Waals surface area contributed by atoms with Crippen LogP contribution in [0.4, 0.5) is 11.4 Å². The number of carbonyl (C=O) groups excluding carboxylic acids is 2. The number of hydrogen-bond acceptors (Lipinski definition) is 3. The van der Waals surface area contributed by atoms with Gasteiger partial charge in [-0.2, -0.15) is 0 Å². The van der Waals surface area contributed by atoms with Gasteiger partial charge >= 0.3 is 0 Å². The number of rotatable bonds is 6. The van der Waals surface area contributed by atoms with Crippen molar-refractivity contribution in [3.63, 3.8) is 0 Å². The number of nitrogens with one attached hydrogen (secondary N) is 2. The summed E-state index contributed by atoms with van der Waals surface area (Å²) in [5.74, 6) is 0.284. The van der Waals surface area contributed by atoms with Crippen LogP contribution < -0.4 is 15.4 Å². The van der Waals surface area contributed by atoms with E-state index in [9.17, 15) is 9.59 Å². The number of para-hydroxylation sites is 2. The van der Waals surface area contributed by atoms with E-state index in [4.69, 9.17) is 4.74 Å². The first-order chi connectivity index (χ1) is 13.5. The zero-order valence-electron chi connectivity index (χ0n) is 15.2. The lowest BCUT2D eigenvalue weighted by Gasteiger charge is -2.10. The van der Waals surface area contributed by atoms with Crippen LogP contribution in [0.1, 0.15) is 15.9 Å². The van der Waals surface area contributed by atoms with Gasteiger partial charge in [0.15, 0.2) is 0 Å². The molecule has 3 aromatic rings. The summed E-state index contributed by atoms with van der Waals surface area (Å²) >= 11 is 3.35. The molecule has 0 aliphatic carbocycles. The minimum atomic E-state index is -0.186. The molecule has 0 saturated carbocycles. The predicted molar refractivity (Wildman–Crippen MR) is 114 cm³/mol. The number of benzene rings is 3. The first-order valence-electron chi connectivity index (χ1n) is 8.64. The number of amides is 2. The molecule has 0 aliphatic heterocycles. The van der Waals surface area contributed by atoms with Crippen molar-refractivity contribution in [2.24, 2.45) is 0 Å². The summed E-state index contributed by atoms with van der Waals surface area (Å²) in [5.41, 5.74) is 2.72. The Morgan fingerprint density at radius 2 is 1.57 bits per heavy atom. The van der Waals surface area contributed by atoms with Gasteiger partial charge in [-0.25, -0.2) is 0 Å². The second kappa shape index (κ2) is 9.19. The Bertz CT molecular complexity index is 970. The first-order valence-corrected chi connectivity index (χ1v) is 9.43. The van der Waals surface area contributed by atoms with Crippen LogP contribution in [-0.4, -0.2) is 18.9 Å². The number of anilines is 2. The van der Waals surface area contributed by atoms with Crippen LogP contribution in [-0.2, 0) is 11.2 Å². The normalized spacial score (nSPS) is 10.2. The third kappa shape index (κ3) is 5.20. The Kier molecular flexibility index (Phi) is 6.45. The van der Waals surface area contributed by atoms with Gasteiger partial charge < -0.3 is 15.4 Å². The molecular formula is C22H19BrN2O3. The van der Waals surface area contributed by atoms with Gasteiger partial charge in [0.2, 0.25) is 5.91 Å². The Balaban J connectivity index is 1.58. The monoisotopic (exact) mass is 438 g/mol. The van der Waals surface area contributed by atoms with E-state index in [0.717, 1.165) is 10.0 Å². The van der Waals surface area contributed by atoms with Gasteiger partial charge in [-0.3, -0.25) is 9.59 Å². The summed E-state index contributed by atoms with van der Waals surface area (Å²) in [6.07, 6.45) is 0.221. The lowest BCUT2D eigenvalue weighted by Crippen LogP contribution is -2.15. The molecule has 0 spiro atoms. The number of hydrogen-bond donors (Lipinski definition) is 2. The van der Waals surface area contributed by atoms with Crippen molar-refractivity contribution in [2.45, 2.75) is 6.42 Å². The minimum Gasteiger partial charge on any atom is -0.495 e. The number of methoxy groups -OCH3 is 1. The quantitative estimate of drug-likeness (QED) is 0.575. The summed E-state index contributed by atoms with van der Waals surface area (Å²) in [5, 5.41) is 5.69. The average Bonchev–Trinajstić information content (AvgIpc) is 2.70. The van der Waals surface area contributed by atoms with Gasteiger partial charge in [0, 0.05) is 15.7 Å². The number of carbonyl (C=O) groups is 2. The average molecular weight is 439 g/mol. The molecule has 0 fully saturated rings. The Morgan fingerprint density at radius 3 is 2.25 bits per heavy atom. The van der Waals surface area contributed by atoms with Crippen LogP contribution in [0.2, 0.25) is 0 Å². The topological polar surface area (TPSA) is 67.4 Å². The fraction of sp³-hybridized carbons (Fsp3) is 0.0909. The van der Waals surface area contributed by atoms with Gasteiger partial charge in [0.05, 0.1) is 19.2 Å². The molecule has 2 amide bonds. The van der Waals surface area contributed by atoms with Gasteiger partial charge in [-0.15, -0.1) is 0 Å². The molecule has 5 nitrogen and oxygen atoms in total. The molecule has 3 rings (SSSR count). The Hall–Kier alpha value is -3.12. The molecule has 0 unspecified atom stereocenters. The SMILES string of the molecule is COc1ccccc1NC(=O)Cc1ccc(NC(=O)c2ccc(Br)cc2)cc1. The van der Waals surface area contributed by atoms with Crippen LogP contribution in [0.5, 0.6) is 5.75 Å². The second-order valence-electron chi connectivity index (χ2n) is 6.08. The third-order valence-corrected chi connectivity index (χ3v) is 4.59. The summed E-state index contributed by atoms with van der Waals surface area (Å²) in [6, 6.07) is 21.6. The largest absolute Gasteiger partial charge is 0.495 e. The molecule has 0 bridgehead atoms. The number of ether oxygens (including phenoxy) is 1. The highest BCUT2D eigenvalue weighted by molar-refractivity contribution is 9.10. The molecule has 2 N–H and O–H groups in total. The number of halogens is 1. The van der Waals surface area contributed by atoms with Crippen molar-refractivity contribution in [1.82, 2.24) is 0 Å². The molecule has 6 heteroatoms. The lowest BCUT2D eigenvalue weighted by atomic mass is 10.1. The smallest absolute Gasteiger partial charge is 0.255 e. The van der Waals surface area contributed by atoms with Gasteiger partial charge in [0.1, 0.15) is 5.75 Å². The van der Waals surface area contributed by atoms with Crippen molar-refractivity contribution in [3.05, 3.63) is 88.4 Å². The minimum absolute atomic E-state index is 0.142. The first kappa shape index (κ1) is 19.6. The highest BCUT2D eigenvalue weighted by atomic mass is 79.9. The van der Waals surface area contributed by atoms with Gasteiger partial charge in [-0.05, 0) is 54.1 Å². The van der Waals surface area contributed by atoms with E-state index in [2.05, 4.69) is 26.6 Å². The van der Waals surface area contributed by atoms with E-state index < -0.39 is 0 Å². The van der Waals surface area contributed by atoms with Crippen LogP contribution in [0.3, 0.4) is 0 Å². The van der Waals surface area contributed by atoms with Crippen LogP contribution >= 0.6 is 15.9 Å². The molecule has 142 valence electrons. The van der Waals surface area contributed by atoms with Crippen molar-refractivity contribution >= 4 is 39.1 Å². The zero-order chi connectivity index (χ0) is 19.9. The Labute approximate surface area is 171 Å². The fourth-order valence-corrected chi connectivity index (χ4v) is 2.90. The van der Waals surface area contributed by atoms with Crippen molar-refractivity contribution in [3.8, 4) is 5.75 Å². The molecule has 0 heterocycles. The summed E-state index contributed by atoms with van der Waals surface area (Å²) in [6.45, 7) is 0. The van der Waals surface area contributed by atoms with Crippen LogP contribution in [0, 0.1) is 0 Å². The summed E-state index contributed by atoms with van der Waals surface area (Å²) in [4.78, 5) is 24.5. The Morgan fingerprint density at radius 1 is 0.893 bits per heavy atom. The third-order valence-electron chi connectivity index (χ3n) is 4.06. The molecule has 0 radical (unpaired) electrons. The van der Waals surface area contributed by atoms with Crippen LogP contribution in [0.25, 0.3) is 0 Å². The van der Waals surface area contributed by atoms with Gasteiger partial charge in [-0.1, -0.05) is 40.2 Å². The van der Waals surface area contributed by atoms with Crippen molar-refractivity contribution < 1.29 is 14.3 Å². The maximum Gasteiger partial charge on any atom is 0.255 e.